The number of benzene rings is 1. The zero-order chi connectivity index (χ0) is 20.4. The zero-order valence-corrected chi connectivity index (χ0v) is 17.6. The molecule has 0 unspecified atom stereocenters. The van der Waals surface area contributed by atoms with Gasteiger partial charge in [-0.25, -0.2) is 13.4 Å². The summed E-state index contributed by atoms with van der Waals surface area (Å²) >= 11 is 1.52. The Bertz CT molecular complexity index is 1080. The maximum Gasteiger partial charge on any atom is 0.257 e. The van der Waals surface area contributed by atoms with E-state index in [4.69, 9.17) is 4.42 Å². The van der Waals surface area contributed by atoms with Gasteiger partial charge in [0.2, 0.25) is 10.0 Å². The average Bonchev–Trinajstić information content (AvgIpc) is 3.37. The maximum absolute atomic E-state index is 12.7. The molecular formula is C20H21N3O4S2. The molecule has 0 fully saturated rings. The van der Waals surface area contributed by atoms with E-state index in [1.807, 2.05) is 0 Å². The Balaban J connectivity index is 1.45. The Labute approximate surface area is 173 Å². The van der Waals surface area contributed by atoms with Gasteiger partial charge in [-0.3, -0.25) is 10.1 Å². The van der Waals surface area contributed by atoms with E-state index in [-0.39, 0.29) is 17.3 Å². The monoisotopic (exact) mass is 431 g/mol. The number of anilines is 1. The van der Waals surface area contributed by atoms with Gasteiger partial charge < -0.3 is 4.42 Å². The van der Waals surface area contributed by atoms with Crippen LogP contribution in [0.3, 0.4) is 0 Å². The second kappa shape index (κ2) is 8.10. The molecule has 9 heteroatoms. The number of carbonyl (C=O) groups excluding carboxylic acids is 1. The second-order valence-corrected chi connectivity index (χ2v) is 10.0. The summed E-state index contributed by atoms with van der Waals surface area (Å²) < 4.78 is 31.9. The maximum atomic E-state index is 12.7. The Morgan fingerprint density at radius 2 is 1.97 bits per heavy atom. The molecule has 0 bridgehead atoms. The number of fused-ring (bicyclic) bond motifs is 1. The van der Waals surface area contributed by atoms with Crippen molar-refractivity contribution in [3.63, 3.8) is 0 Å². The third-order valence-corrected chi connectivity index (χ3v) is 7.74. The normalized spacial score (nSPS) is 14.0. The first-order chi connectivity index (χ1) is 13.9. The lowest BCUT2D eigenvalue weighted by Gasteiger charge is -2.16. The van der Waals surface area contributed by atoms with Crippen molar-refractivity contribution < 1.29 is 17.6 Å². The third-order valence-electron chi connectivity index (χ3n) is 4.85. The molecule has 0 saturated heterocycles. The third kappa shape index (κ3) is 4.26. The molecule has 1 amide bonds. The van der Waals surface area contributed by atoms with Gasteiger partial charge in [-0.1, -0.05) is 0 Å². The first-order valence-corrected chi connectivity index (χ1v) is 11.6. The van der Waals surface area contributed by atoms with Crippen LogP contribution in [0.4, 0.5) is 5.13 Å². The number of hydrogen-bond acceptors (Lipinski definition) is 6. The molecule has 1 aromatic carbocycles. The lowest BCUT2D eigenvalue weighted by Crippen LogP contribution is -2.26. The Kier molecular flexibility index (Phi) is 5.53. The number of thiazole rings is 1. The summed E-state index contributed by atoms with van der Waals surface area (Å²) in [5.41, 5.74) is 1.46. The van der Waals surface area contributed by atoms with Crippen LogP contribution in [0.2, 0.25) is 0 Å². The molecule has 1 aliphatic rings. The number of aromatic nitrogens is 1. The largest absolute Gasteiger partial charge is 0.468 e. The van der Waals surface area contributed by atoms with Gasteiger partial charge in [0, 0.05) is 17.5 Å². The Morgan fingerprint density at radius 3 is 2.66 bits per heavy atom. The average molecular weight is 432 g/mol. The molecule has 0 spiro atoms. The molecule has 2 heterocycles. The summed E-state index contributed by atoms with van der Waals surface area (Å²) in [6, 6.07) is 9.33. The summed E-state index contributed by atoms with van der Waals surface area (Å²) in [5, 5.41) is 3.42. The van der Waals surface area contributed by atoms with Gasteiger partial charge in [0.05, 0.1) is 23.4 Å². The SMILES string of the molecule is CN(Cc1ccco1)S(=O)(=O)c1ccc(C(=O)Nc2nc3c(s2)CCCC3)cc1. The lowest BCUT2D eigenvalue weighted by atomic mass is 10.0. The molecule has 1 N–H and O–H groups in total. The number of aryl methyl sites for hydroxylation is 2. The fourth-order valence-electron chi connectivity index (χ4n) is 3.24. The van der Waals surface area contributed by atoms with Gasteiger partial charge in [0.1, 0.15) is 5.76 Å². The van der Waals surface area contributed by atoms with Crippen LogP contribution in [-0.4, -0.2) is 30.7 Å². The predicted molar refractivity (Wildman–Crippen MR) is 111 cm³/mol. The van der Waals surface area contributed by atoms with E-state index in [1.165, 1.54) is 58.1 Å². The topological polar surface area (TPSA) is 92.5 Å². The van der Waals surface area contributed by atoms with Crippen LogP contribution >= 0.6 is 11.3 Å². The van der Waals surface area contributed by atoms with Gasteiger partial charge in [-0.2, -0.15) is 4.31 Å². The molecule has 29 heavy (non-hydrogen) atoms. The van der Waals surface area contributed by atoms with Crippen LogP contribution in [0.1, 0.15) is 39.5 Å². The number of furan rings is 1. The molecule has 4 rings (SSSR count). The molecule has 3 aromatic rings. The van der Waals surface area contributed by atoms with E-state index in [2.05, 4.69) is 10.3 Å². The van der Waals surface area contributed by atoms with E-state index >= 15 is 0 Å². The van der Waals surface area contributed by atoms with Crippen molar-refractivity contribution in [3.05, 3.63) is 64.6 Å². The minimum atomic E-state index is -3.69. The highest BCUT2D eigenvalue weighted by Gasteiger charge is 2.22. The smallest absolute Gasteiger partial charge is 0.257 e. The van der Waals surface area contributed by atoms with Crippen molar-refractivity contribution in [3.8, 4) is 0 Å². The highest BCUT2D eigenvalue weighted by atomic mass is 32.2. The molecule has 2 aromatic heterocycles. The van der Waals surface area contributed by atoms with Gasteiger partial charge in [0.25, 0.3) is 5.91 Å². The summed E-state index contributed by atoms with van der Waals surface area (Å²) in [5.74, 6) is 0.252. The van der Waals surface area contributed by atoms with E-state index in [1.54, 1.807) is 12.1 Å². The number of amides is 1. The Hall–Kier alpha value is -2.49. The van der Waals surface area contributed by atoms with Gasteiger partial charge in [-0.15, -0.1) is 11.3 Å². The summed E-state index contributed by atoms with van der Waals surface area (Å²) in [7, 11) is -2.20. The first kappa shape index (κ1) is 19.8. The lowest BCUT2D eigenvalue weighted by molar-refractivity contribution is 0.102. The molecule has 1 aliphatic carbocycles. The molecule has 152 valence electrons. The van der Waals surface area contributed by atoms with Gasteiger partial charge >= 0.3 is 0 Å². The number of hydrogen-bond donors (Lipinski definition) is 1. The Morgan fingerprint density at radius 1 is 1.21 bits per heavy atom. The van der Waals surface area contributed by atoms with Crippen molar-refractivity contribution in [2.24, 2.45) is 0 Å². The summed E-state index contributed by atoms with van der Waals surface area (Å²) in [6.07, 6.45) is 5.77. The van der Waals surface area contributed by atoms with Crippen molar-refractivity contribution in [1.82, 2.24) is 9.29 Å². The minimum Gasteiger partial charge on any atom is -0.468 e. The van der Waals surface area contributed by atoms with Crippen molar-refractivity contribution in [2.45, 2.75) is 37.1 Å². The number of nitrogens with one attached hydrogen (secondary N) is 1. The number of rotatable bonds is 6. The standard InChI is InChI=1S/C20H21N3O4S2/c1-23(13-15-5-4-12-27-15)29(25,26)16-10-8-14(9-11-16)19(24)22-20-21-17-6-2-3-7-18(17)28-20/h4-5,8-12H,2-3,6-7,13H2,1H3,(H,21,22,24). The molecule has 0 saturated carbocycles. The molecule has 7 nitrogen and oxygen atoms in total. The van der Waals surface area contributed by atoms with Crippen LogP contribution in [0.15, 0.2) is 52.0 Å². The second-order valence-electron chi connectivity index (χ2n) is 6.91. The van der Waals surface area contributed by atoms with E-state index < -0.39 is 10.0 Å². The van der Waals surface area contributed by atoms with Crippen molar-refractivity contribution >= 4 is 32.4 Å². The molecule has 0 atom stereocenters. The zero-order valence-electron chi connectivity index (χ0n) is 15.9. The summed E-state index contributed by atoms with van der Waals surface area (Å²) in [4.78, 5) is 18.4. The van der Waals surface area contributed by atoms with Gasteiger partial charge in [0.15, 0.2) is 5.13 Å². The van der Waals surface area contributed by atoms with Crippen LogP contribution < -0.4 is 5.32 Å². The van der Waals surface area contributed by atoms with Crippen LogP contribution in [0.5, 0.6) is 0 Å². The van der Waals surface area contributed by atoms with Crippen LogP contribution in [0.25, 0.3) is 0 Å². The highest BCUT2D eigenvalue weighted by molar-refractivity contribution is 7.89. The van der Waals surface area contributed by atoms with Crippen molar-refractivity contribution in [1.29, 1.82) is 0 Å². The van der Waals surface area contributed by atoms with E-state index in [9.17, 15) is 13.2 Å². The van der Waals surface area contributed by atoms with Gasteiger partial charge in [-0.05, 0) is 62.1 Å². The van der Waals surface area contributed by atoms with E-state index in [0.717, 1.165) is 31.4 Å². The molecule has 0 aliphatic heterocycles. The first-order valence-electron chi connectivity index (χ1n) is 9.32. The van der Waals surface area contributed by atoms with Crippen molar-refractivity contribution in [2.75, 3.05) is 12.4 Å². The summed E-state index contributed by atoms with van der Waals surface area (Å²) in [6.45, 7) is 0.131. The molecular weight excluding hydrogens is 410 g/mol. The van der Waals surface area contributed by atoms with Crippen LogP contribution in [-0.2, 0) is 29.4 Å². The van der Waals surface area contributed by atoms with E-state index in [0.29, 0.717) is 16.5 Å². The highest BCUT2D eigenvalue weighted by Crippen LogP contribution is 2.29. The number of nitrogens with zero attached hydrogens (tertiary/aromatic N) is 2. The number of carbonyl (C=O) groups is 1. The molecule has 0 radical (unpaired) electrons. The minimum absolute atomic E-state index is 0.118. The van der Waals surface area contributed by atoms with Crippen LogP contribution in [0, 0.1) is 0 Å². The fourth-order valence-corrected chi connectivity index (χ4v) is 5.42. The quantitative estimate of drug-likeness (QED) is 0.643. The fraction of sp³-hybridized carbons (Fsp3) is 0.300. The number of sulfonamides is 1. The predicted octanol–water partition coefficient (Wildman–Crippen LogP) is 3.69.